The van der Waals surface area contributed by atoms with Crippen LogP contribution in [0.1, 0.15) is 23.1 Å². The maximum Gasteiger partial charge on any atom is 2.00 e. The van der Waals surface area contributed by atoms with E-state index in [9.17, 15) is 14.7 Å². The maximum atomic E-state index is 11.4. The number of aliphatic carboxylic acids is 1. The number of nitrogens with zero attached hydrogens (tertiary/aromatic N) is 2. The Bertz CT molecular complexity index is 463. The van der Waals surface area contributed by atoms with E-state index in [2.05, 4.69) is 11.7 Å². The molecule has 2 fully saturated rings. The Hall–Kier alpha value is -0.510. The van der Waals surface area contributed by atoms with Crippen LogP contribution in [0.2, 0.25) is 0 Å². The Morgan fingerprint density at radius 2 is 1.90 bits per heavy atom. The van der Waals surface area contributed by atoms with E-state index in [4.69, 9.17) is 15.0 Å². The molecule has 20 heavy (non-hydrogen) atoms. The number of hydrogen-bond donors (Lipinski definition) is 3. The fourth-order valence-corrected chi connectivity index (χ4v) is 3.97. The van der Waals surface area contributed by atoms with Crippen molar-refractivity contribution in [1.82, 2.24) is 4.90 Å². The number of carboxylic acids is 1. The van der Waals surface area contributed by atoms with Gasteiger partial charge in [-0.15, -0.1) is 11.8 Å². The molecule has 0 aromatic carbocycles. The topological polar surface area (TPSA) is 128 Å². The zero-order chi connectivity index (χ0) is 15.0. The first kappa shape index (κ1) is 19.5. The number of fused-ring (bicyclic) bond motifs is 1. The third-order valence-corrected chi connectivity index (χ3v) is 4.58. The molecule has 2 aliphatic heterocycles. The van der Waals surface area contributed by atoms with Crippen LogP contribution in [-0.2, 0) is 9.59 Å². The summed E-state index contributed by atoms with van der Waals surface area (Å²) in [6, 6.07) is 0. The molecule has 0 radical (unpaired) electrons. The average molecular weight is 332 g/mol. The second kappa shape index (κ2) is 6.50. The van der Waals surface area contributed by atoms with Crippen LogP contribution in [-0.4, -0.2) is 98.5 Å². The Labute approximate surface area is 152 Å². The summed E-state index contributed by atoms with van der Waals surface area (Å²) in [5, 5.41) is 23.2. The minimum Gasteiger partial charge on any atom is -1.00 e. The summed E-state index contributed by atoms with van der Waals surface area (Å²) in [5.41, 5.74) is -1.50. The summed E-state index contributed by atoms with van der Waals surface area (Å²) < 4.78 is -0.641. The fraction of sp³-hybridized carbons (Fsp3) is 0.600. The van der Waals surface area contributed by atoms with Crippen molar-refractivity contribution < 1.29 is 32.6 Å². The molecular formula is C10H16CaN2O6S. The predicted octanol–water partition coefficient (Wildman–Crippen LogP) is 0.618. The molecule has 0 aromatic rings. The number of carboxylic acid groups (broad SMARTS) is 3. The van der Waals surface area contributed by atoms with Crippen molar-refractivity contribution in [1.29, 1.82) is 0 Å². The number of carbonyl (C=O) groups excluding carboxylic acids is 1. The number of rotatable bonds is 2. The van der Waals surface area contributed by atoms with E-state index in [1.165, 1.54) is 16.7 Å². The SMILES string of the molecule is C=N[C@@]1(C(=O)O)N2C(=O)C[C@H]2SC1(C)C.O=C(O)O.[Ca+2].[H-].[H-]. The van der Waals surface area contributed by atoms with E-state index in [-0.39, 0.29) is 51.9 Å². The van der Waals surface area contributed by atoms with Gasteiger partial charge in [-0.3, -0.25) is 14.7 Å². The number of hydrogen-bond acceptors (Lipinski definition) is 5. The first-order valence-corrected chi connectivity index (χ1v) is 6.11. The van der Waals surface area contributed by atoms with Gasteiger partial charge in [0.15, 0.2) is 0 Å². The Balaban J connectivity index is -0.000000466. The van der Waals surface area contributed by atoms with Gasteiger partial charge in [-0.1, -0.05) is 0 Å². The largest absolute Gasteiger partial charge is 2.00 e. The van der Waals surface area contributed by atoms with Crippen LogP contribution in [0.15, 0.2) is 4.99 Å². The Morgan fingerprint density at radius 3 is 2.15 bits per heavy atom. The maximum absolute atomic E-state index is 11.4. The number of amides is 1. The van der Waals surface area contributed by atoms with Crippen molar-refractivity contribution in [2.45, 2.75) is 36.1 Å². The molecule has 0 spiro atoms. The summed E-state index contributed by atoms with van der Waals surface area (Å²) in [7, 11) is 0. The molecule has 0 bridgehead atoms. The van der Waals surface area contributed by atoms with E-state index in [1.807, 2.05) is 0 Å². The van der Waals surface area contributed by atoms with Gasteiger partial charge in [0.1, 0.15) is 0 Å². The van der Waals surface area contributed by atoms with Crippen molar-refractivity contribution in [2.24, 2.45) is 4.99 Å². The van der Waals surface area contributed by atoms with E-state index < -0.39 is 22.5 Å². The van der Waals surface area contributed by atoms with Crippen LogP contribution >= 0.6 is 11.8 Å². The van der Waals surface area contributed by atoms with Gasteiger partial charge in [-0.05, 0) is 20.6 Å². The van der Waals surface area contributed by atoms with Gasteiger partial charge in [0, 0.05) is 0 Å². The average Bonchev–Trinajstić information content (AvgIpc) is 2.41. The molecule has 8 nitrogen and oxygen atoms in total. The number of thioether (sulfide) groups is 1. The fourth-order valence-electron chi connectivity index (χ4n) is 2.28. The second-order valence-electron chi connectivity index (χ2n) is 4.47. The minimum absolute atomic E-state index is 0. The predicted molar refractivity (Wildman–Crippen MR) is 75.5 cm³/mol. The van der Waals surface area contributed by atoms with Crippen molar-refractivity contribution >= 4 is 74.2 Å². The molecule has 2 atom stereocenters. The molecule has 2 saturated heterocycles. The van der Waals surface area contributed by atoms with Crippen LogP contribution in [0.5, 0.6) is 0 Å². The van der Waals surface area contributed by atoms with Crippen LogP contribution in [0, 0.1) is 0 Å². The summed E-state index contributed by atoms with van der Waals surface area (Å²) in [4.78, 5) is 36.4. The van der Waals surface area contributed by atoms with Crippen molar-refractivity contribution in [3.05, 3.63) is 0 Å². The number of aliphatic imine (C=N–C) groups is 1. The number of carbonyl (C=O) groups is 3. The third kappa shape index (κ3) is 2.90. The van der Waals surface area contributed by atoms with Gasteiger partial charge in [0.2, 0.25) is 11.6 Å². The van der Waals surface area contributed by atoms with Gasteiger partial charge in [0.05, 0.1) is 16.5 Å². The minimum atomic E-state index is -1.83. The van der Waals surface area contributed by atoms with Crippen molar-refractivity contribution in [2.75, 3.05) is 0 Å². The molecule has 0 saturated carbocycles. The van der Waals surface area contributed by atoms with E-state index in [1.54, 1.807) is 13.8 Å². The molecule has 10 heteroatoms. The van der Waals surface area contributed by atoms with E-state index >= 15 is 0 Å². The molecule has 2 rings (SSSR count). The molecule has 0 unspecified atom stereocenters. The standard InChI is InChI=1S/C9H12N2O3S.CH2O3.Ca.2H/c1-8(2)9(10-3,7(13)14)11-5(12)4-6(11)15-8;2-1(3)4;;;/h6H,3-4H2,1-2H3,(H,13,14);(H2,2,3,4);;;/q;;+2;2*-1/t6-,9+;;;;/m1..../s1. The quantitative estimate of drug-likeness (QED) is 0.384. The van der Waals surface area contributed by atoms with Gasteiger partial charge in [-0.2, -0.15) is 0 Å². The van der Waals surface area contributed by atoms with Crippen molar-refractivity contribution in [3.8, 4) is 0 Å². The number of β-lactam (4-membered cyclic amide) rings is 1. The zero-order valence-corrected chi connectivity index (χ0v) is 14.1. The van der Waals surface area contributed by atoms with Crippen LogP contribution in [0.3, 0.4) is 0 Å². The molecule has 0 aromatic heterocycles. The monoisotopic (exact) mass is 332 g/mol. The summed E-state index contributed by atoms with van der Waals surface area (Å²) in [5.74, 6) is -1.27. The van der Waals surface area contributed by atoms with E-state index in [0.29, 0.717) is 6.42 Å². The second-order valence-corrected chi connectivity index (χ2v) is 6.27. The van der Waals surface area contributed by atoms with Gasteiger partial charge >= 0.3 is 49.9 Å². The normalized spacial score (nSPS) is 29.0. The smallest absolute Gasteiger partial charge is 1.00 e. The first-order chi connectivity index (χ1) is 8.60. The van der Waals surface area contributed by atoms with Crippen LogP contribution in [0.25, 0.3) is 0 Å². The first-order valence-electron chi connectivity index (χ1n) is 5.23. The molecular weight excluding hydrogens is 316 g/mol. The molecule has 2 heterocycles. The molecule has 0 aliphatic carbocycles. The molecule has 3 N–H and O–H groups in total. The summed E-state index contributed by atoms with van der Waals surface area (Å²) in [6.07, 6.45) is -1.43. The zero-order valence-electron chi connectivity index (χ0n) is 13.1. The van der Waals surface area contributed by atoms with Crippen LogP contribution < -0.4 is 0 Å². The van der Waals surface area contributed by atoms with E-state index in [0.717, 1.165) is 0 Å². The van der Waals surface area contributed by atoms with Crippen molar-refractivity contribution in [3.63, 3.8) is 0 Å². The van der Waals surface area contributed by atoms with Gasteiger partial charge in [0.25, 0.3) is 0 Å². The molecule has 1 amide bonds. The Kier molecular flexibility index (Phi) is 6.34. The third-order valence-electron chi connectivity index (χ3n) is 3.05. The van der Waals surface area contributed by atoms with Gasteiger partial charge in [-0.25, -0.2) is 9.59 Å². The molecule has 110 valence electrons. The van der Waals surface area contributed by atoms with Crippen LogP contribution in [0.4, 0.5) is 4.79 Å². The summed E-state index contributed by atoms with van der Waals surface area (Å²) in [6.45, 7) is 6.91. The summed E-state index contributed by atoms with van der Waals surface area (Å²) >= 11 is 1.47. The molecule has 2 aliphatic rings. The Morgan fingerprint density at radius 1 is 1.45 bits per heavy atom. The van der Waals surface area contributed by atoms with Gasteiger partial charge < -0.3 is 18.2 Å².